The fourth-order valence-electron chi connectivity index (χ4n) is 2.99. The Hall–Kier alpha value is -2.00. The first kappa shape index (κ1) is 14.0. The average Bonchev–Trinajstić information content (AvgIpc) is 2.50. The first-order valence-corrected chi connectivity index (χ1v) is 7.41. The monoisotopic (exact) mass is 283 g/mol. The first-order valence-electron chi connectivity index (χ1n) is 7.41. The molecule has 110 valence electrons. The van der Waals surface area contributed by atoms with E-state index in [4.69, 9.17) is 4.74 Å². The Bertz CT molecular complexity index is 585. The van der Waals surface area contributed by atoms with Crippen molar-refractivity contribution in [3.63, 3.8) is 0 Å². The quantitative estimate of drug-likeness (QED) is 0.938. The number of benzene rings is 2. The molecule has 1 aliphatic heterocycles. The third kappa shape index (κ3) is 3.37. The lowest BCUT2D eigenvalue weighted by atomic mass is 9.88. The Morgan fingerprint density at radius 3 is 2.67 bits per heavy atom. The second-order valence-electron chi connectivity index (χ2n) is 5.72. The summed E-state index contributed by atoms with van der Waals surface area (Å²) >= 11 is 0. The molecule has 0 bridgehead atoms. The van der Waals surface area contributed by atoms with Crippen molar-refractivity contribution < 1.29 is 9.84 Å². The number of ether oxygens (including phenoxy) is 1. The number of likely N-dealkylation sites (tertiary alicyclic amines) is 1. The van der Waals surface area contributed by atoms with Crippen molar-refractivity contribution in [2.75, 3.05) is 20.1 Å². The largest absolute Gasteiger partial charge is 0.508 e. The molecule has 0 aromatic heterocycles. The van der Waals surface area contributed by atoms with Crippen molar-refractivity contribution in [1.29, 1.82) is 0 Å². The average molecular weight is 283 g/mol. The molecule has 3 rings (SSSR count). The number of hydrogen-bond acceptors (Lipinski definition) is 3. The van der Waals surface area contributed by atoms with E-state index in [9.17, 15) is 5.11 Å². The van der Waals surface area contributed by atoms with Crippen molar-refractivity contribution in [2.45, 2.75) is 18.4 Å². The Balaban J connectivity index is 1.81. The Morgan fingerprint density at radius 2 is 1.90 bits per heavy atom. The van der Waals surface area contributed by atoms with Crippen molar-refractivity contribution in [2.24, 2.45) is 0 Å². The second kappa shape index (κ2) is 6.19. The number of phenols is 1. The van der Waals surface area contributed by atoms with Gasteiger partial charge in [0, 0.05) is 25.1 Å². The molecule has 1 N–H and O–H groups in total. The highest BCUT2D eigenvalue weighted by atomic mass is 16.5. The molecule has 0 radical (unpaired) electrons. The zero-order valence-electron chi connectivity index (χ0n) is 12.3. The summed E-state index contributed by atoms with van der Waals surface area (Å²) in [6.45, 7) is 2.03. The summed E-state index contributed by atoms with van der Waals surface area (Å²) in [6.07, 6.45) is 1.14. The van der Waals surface area contributed by atoms with Gasteiger partial charge < -0.3 is 14.7 Å². The fraction of sp³-hybridized carbons (Fsp3) is 0.333. The molecule has 1 fully saturated rings. The summed E-state index contributed by atoms with van der Waals surface area (Å²) in [6, 6.07) is 17.6. The number of nitrogens with zero attached hydrogens (tertiary/aromatic N) is 1. The summed E-state index contributed by atoms with van der Waals surface area (Å²) in [5.41, 5.74) is 1.31. The van der Waals surface area contributed by atoms with E-state index in [1.165, 1.54) is 5.56 Å². The van der Waals surface area contributed by atoms with Gasteiger partial charge in [-0.05, 0) is 31.2 Å². The zero-order valence-corrected chi connectivity index (χ0v) is 12.3. The van der Waals surface area contributed by atoms with E-state index < -0.39 is 0 Å². The van der Waals surface area contributed by atoms with Crippen LogP contribution in [0.25, 0.3) is 0 Å². The fourth-order valence-corrected chi connectivity index (χ4v) is 2.99. The Labute approximate surface area is 125 Å². The third-order valence-electron chi connectivity index (χ3n) is 4.09. The maximum Gasteiger partial charge on any atom is 0.123 e. The van der Waals surface area contributed by atoms with Gasteiger partial charge in [0.2, 0.25) is 0 Å². The van der Waals surface area contributed by atoms with E-state index in [0.717, 1.165) is 25.3 Å². The molecule has 1 aliphatic rings. The van der Waals surface area contributed by atoms with Gasteiger partial charge in [-0.15, -0.1) is 0 Å². The van der Waals surface area contributed by atoms with E-state index >= 15 is 0 Å². The van der Waals surface area contributed by atoms with Crippen molar-refractivity contribution in [3.8, 4) is 11.5 Å². The van der Waals surface area contributed by atoms with Gasteiger partial charge >= 0.3 is 0 Å². The van der Waals surface area contributed by atoms with Crippen molar-refractivity contribution >= 4 is 0 Å². The van der Waals surface area contributed by atoms with Crippen LogP contribution in [0.1, 0.15) is 17.9 Å². The Kier molecular flexibility index (Phi) is 4.11. The van der Waals surface area contributed by atoms with Crippen molar-refractivity contribution in [3.05, 3.63) is 60.2 Å². The maximum atomic E-state index is 9.58. The van der Waals surface area contributed by atoms with Gasteiger partial charge in [0.25, 0.3) is 0 Å². The molecule has 0 amide bonds. The van der Waals surface area contributed by atoms with Crippen LogP contribution in [-0.4, -0.2) is 36.2 Å². The predicted molar refractivity (Wildman–Crippen MR) is 83.8 cm³/mol. The Morgan fingerprint density at radius 1 is 1.10 bits per heavy atom. The lowest BCUT2D eigenvalue weighted by Gasteiger charge is -2.37. The predicted octanol–water partition coefficient (Wildman–Crippen LogP) is 3.26. The summed E-state index contributed by atoms with van der Waals surface area (Å²) in [5, 5.41) is 9.58. The number of piperidine rings is 1. The molecule has 21 heavy (non-hydrogen) atoms. The SMILES string of the molecule is CN1CCC(Oc2cccc(O)c2)C(c2ccccc2)C1. The molecular weight excluding hydrogens is 262 g/mol. The number of rotatable bonds is 3. The van der Waals surface area contributed by atoms with Crippen LogP contribution < -0.4 is 4.74 Å². The first-order chi connectivity index (χ1) is 10.2. The topological polar surface area (TPSA) is 32.7 Å². The van der Waals surface area contributed by atoms with Gasteiger partial charge in [0.1, 0.15) is 17.6 Å². The van der Waals surface area contributed by atoms with E-state index in [1.807, 2.05) is 18.2 Å². The van der Waals surface area contributed by atoms with Gasteiger partial charge in [-0.3, -0.25) is 0 Å². The van der Waals surface area contributed by atoms with Gasteiger partial charge in [-0.1, -0.05) is 36.4 Å². The highest BCUT2D eigenvalue weighted by Crippen LogP contribution is 2.31. The van der Waals surface area contributed by atoms with E-state index in [2.05, 4.69) is 36.2 Å². The highest BCUT2D eigenvalue weighted by Gasteiger charge is 2.30. The minimum absolute atomic E-state index is 0.144. The summed E-state index contributed by atoms with van der Waals surface area (Å²) in [4.78, 5) is 2.35. The van der Waals surface area contributed by atoms with Gasteiger partial charge in [-0.25, -0.2) is 0 Å². The van der Waals surface area contributed by atoms with Gasteiger partial charge in [-0.2, -0.15) is 0 Å². The van der Waals surface area contributed by atoms with Crippen LogP contribution in [0.4, 0.5) is 0 Å². The van der Waals surface area contributed by atoms with Crippen LogP contribution >= 0.6 is 0 Å². The molecule has 0 saturated carbocycles. The van der Waals surface area contributed by atoms with Crippen LogP contribution in [0.3, 0.4) is 0 Å². The lowest BCUT2D eigenvalue weighted by molar-refractivity contribution is 0.0900. The molecule has 2 unspecified atom stereocenters. The molecule has 0 aliphatic carbocycles. The molecule has 2 aromatic rings. The number of hydrogen-bond donors (Lipinski definition) is 1. The van der Waals surface area contributed by atoms with E-state index in [-0.39, 0.29) is 11.9 Å². The van der Waals surface area contributed by atoms with Crippen LogP contribution in [0.15, 0.2) is 54.6 Å². The molecule has 3 heteroatoms. The summed E-state index contributed by atoms with van der Waals surface area (Å²) in [5.74, 6) is 1.34. The number of phenolic OH excluding ortho intramolecular Hbond substituents is 1. The zero-order chi connectivity index (χ0) is 14.7. The van der Waals surface area contributed by atoms with Crippen LogP contribution in [0.2, 0.25) is 0 Å². The van der Waals surface area contributed by atoms with Crippen LogP contribution in [0.5, 0.6) is 11.5 Å². The smallest absolute Gasteiger partial charge is 0.123 e. The molecule has 3 nitrogen and oxygen atoms in total. The second-order valence-corrected chi connectivity index (χ2v) is 5.72. The van der Waals surface area contributed by atoms with E-state index in [1.54, 1.807) is 12.1 Å². The highest BCUT2D eigenvalue weighted by molar-refractivity contribution is 5.32. The standard InChI is InChI=1S/C18H21NO2/c1-19-11-10-18(21-16-9-5-8-15(20)12-16)17(13-19)14-6-3-2-4-7-14/h2-9,12,17-18,20H,10-11,13H2,1H3. The molecule has 2 aromatic carbocycles. The minimum Gasteiger partial charge on any atom is -0.508 e. The normalized spacial score (nSPS) is 22.9. The van der Waals surface area contributed by atoms with Gasteiger partial charge in [0.15, 0.2) is 0 Å². The van der Waals surface area contributed by atoms with Crippen LogP contribution in [-0.2, 0) is 0 Å². The number of likely N-dealkylation sites (N-methyl/N-ethyl adjacent to an activating group) is 1. The summed E-state index contributed by atoms with van der Waals surface area (Å²) < 4.78 is 6.16. The van der Waals surface area contributed by atoms with Gasteiger partial charge in [0.05, 0.1) is 0 Å². The molecule has 1 heterocycles. The van der Waals surface area contributed by atoms with E-state index in [0.29, 0.717) is 5.92 Å². The lowest BCUT2D eigenvalue weighted by Crippen LogP contribution is -2.42. The molecule has 0 spiro atoms. The van der Waals surface area contributed by atoms with Crippen LogP contribution in [0, 0.1) is 0 Å². The van der Waals surface area contributed by atoms with Crippen molar-refractivity contribution in [1.82, 2.24) is 4.90 Å². The molecule has 1 saturated heterocycles. The maximum absolute atomic E-state index is 9.58. The molecular formula is C18H21NO2. The number of aromatic hydroxyl groups is 1. The molecule has 2 atom stereocenters. The summed E-state index contributed by atoms with van der Waals surface area (Å²) in [7, 11) is 2.15. The third-order valence-corrected chi connectivity index (χ3v) is 4.09. The minimum atomic E-state index is 0.144.